The summed E-state index contributed by atoms with van der Waals surface area (Å²) >= 11 is 3.69. The van der Waals surface area contributed by atoms with Crippen LogP contribution in [0, 0.1) is 17.8 Å². The Hall–Kier alpha value is -0.760. The maximum Gasteiger partial charge on any atom is 0.0601 e. The molecule has 2 heteroatoms. The van der Waals surface area contributed by atoms with Gasteiger partial charge in [0, 0.05) is 16.1 Å². The number of hydrogen-bond acceptors (Lipinski definition) is 0. The van der Waals surface area contributed by atoms with Crippen molar-refractivity contribution in [1.29, 1.82) is 0 Å². The Labute approximate surface area is 128 Å². The van der Waals surface area contributed by atoms with Gasteiger partial charge in [0.2, 0.25) is 0 Å². The van der Waals surface area contributed by atoms with E-state index in [4.69, 9.17) is 0 Å². The van der Waals surface area contributed by atoms with Gasteiger partial charge >= 0.3 is 0 Å². The molecule has 0 atom stereocenters. The fourth-order valence-corrected chi connectivity index (χ4v) is 6.48. The van der Waals surface area contributed by atoms with Gasteiger partial charge in [0.1, 0.15) is 0 Å². The molecular formula is C18H20BrN. The smallest absolute Gasteiger partial charge is 0.0601 e. The lowest BCUT2D eigenvalue weighted by molar-refractivity contribution is -0.00449. The molecule has 1 heterocycles. The van der Waals surface area contributed by atoms with Crippen molar-refractivity contribution in [3.63, 3.8) is 0 Å². The molecule has 1 aromatic heterocycles. The van der Waals surface area contributed by atoms with Crippen LogP contribution in [0.3, 0.4) is 0 Å². The number of H-pyrrole nitrogens is 1. The van der Waals surface area contributed by atoms with E-state index in [2.05, 4.69) is 45.3 Å². The van der Waals surface area contributed by atoms with Crippen molar-refractivity contribution in [2.24, 2.45) is 17.8 Å². The highest BCUT2D eigenvalue weighted by molar-refractivity contribution is 9.10. The van der Waals surface area contributed by atoms with Gasteiger partial charge in [-0.1, -0.05) is 12.1 Å². The van der Waals surface area contributed by atoms with Crippen molar-refractivity contribution in [2.75, 3.05) is 0 Å². The number of fused-ring (bicyclic) bond motifs is 1. The molecule has 0 amide bonds. The second-order valence-electron chi connectivity index (χ2n) is 7.56. The first-order valence-corrected chi connectivity index (χ1v) is 8.79. The molecule has 1 N–H and O–H groups in total. The standard InChI is InChI=1S/C18H20BrN/c19-16-3-1-2-14-15(10-20-17(14)16)18-7-11-4-12(8-18)6-13(5-11)9-18/h1-3,10-13,20H,4-9H2. The number of aromatic amines is 1. The average Bonchev–Trinajstić information content (AvgIpc) is 2.83. The molecule has 1 aromatic carbocycles. The summed E-state index contributed by atoms with van der Waals surface area (Å²) in [6.45, 7) is 0. The van der Waals surface area contributed by atoms with Gasteiger partial charge in [0.05, 0.1) is 5.52 Å². The molecule has 0 unspecified atom stereocenters. The molecule has 4 bridgehead atoms. The third-order valence-electron chi connectivity index (χ3n) is 6.27. The van der Waals surface area contributed by atoms with Gasteiger partial charge in [-0.15, -0.1) is 0 Å². The minimum absolute atomic E-state index is 0.494. The summed E-state index contributed by atoms with van der Waals surface area (Å²) in [5.41, 5.74) is 3.40. The number of hydrogen-bond donors (Lipinski definition) is 1. The van der Waals surface area contributed by atoms with Crippen LogP contribution in [-0.4, -0.2) is 4.98 Å². The van der Waals surface area contributed by atoms with Crippen LogP contribution in [0.2, 0.25) is 0 Å². The average molecular weight is 330 g/mol. The number of para-hydroxylation sites is 1. The van der Waals surface area contributed by atoms with Crippen LogP contribution in [0.4, 0.5) is 0 Å². The van der Waals surface area contributed by atoms with E-state index in [9.17, 15) is 0 Å². The lowest BCUT2D eigenvalue weighted by Gasteiger charge is -2.57. The van der Waals surface area contributed by atoms with Crippen molar-refractivity contribution < 1.29 is 0 Å². The summed E-state index contributed by atoms with van der Waals surface area (Å²) in [7, 11) is 0. The molecule has 2 aromatic rings. The second kappa shape index (κ2) is 3.91. The van der Waals surface area contributed by atoms with Crippen LogP contribution in [-0.2, 0) is 5.41 Å². The van der Waals surface area contributed by atoms with E-state index in [1.807, 2.05) is 0 Å². The maximum atomic E-state index is 3.69. The minimum Gasteiger partial charge on any atom is -0.360 e. The molecule has 0 saturated heterocycles. The summed E-state index contributed by atoms with van der Waals surface area (Å²) in [5.74, 6) is 3.04. The Morgan fingerprint density at radius 1 is 1.00 bits per heavy atom. The number of nitrogens with one attached hydrogen (secondary N) is 1. The zero-order valence-electron chi connectivity index (χ0n) is 11.7. The third kappa shape index (κ3) is 1.49. The quantitative estimate of drug-likeness (QED) is 0.721. The normalized spacial score (nSPS) is 38.8. The van der Waals surface area contributed by atoms with Crippen molar-refractivity contribution in [2.45, 2.75) is 43.9 Å². The Balaban J connectivity index is 1.70. The highest BCUT2D eigenvalue weighted by Gasteiger charge is 2.52. The van der Waals surface area contributed by atoms with Crippen LogP contribution < -0.4 is 0 Å². The molecule has 104 valence electrons. The molecule has 0 aliphatic heterocycles. The van der Waals surface area contributed by atoms with E-state index in [0.717, 1.165) is 17.8 Å². The highest BCUT2D eigenvalue weighted by Crippen LogP contribution is 2.61. The molecule has 0 spiro atoms. The van der Waals surface area contributed by atoms with Crippen molar-refractivity contribution in [3.8, 4) is 0 Å². The van der Waals surface area contributed by atoms with Gasteiger partial charge in [0.15, 0.2) is 0 Å². The van der Waals surface area contributed by atoms with E-state index >= 15 is 0 Å². The fraction of sp³-hybridized carbons (Fsp3) is 0.556. The molecule has 20 heavy (non-hydrogen) atoms. The van der Waals surface area contributed by atoms with Gasteiger partial charge in [-0.25, -0.2) is 0 Å². The zero-order chi connectivity index (χ0) is 13.3. The molecule has 0 radical (unpaired) electrons. The van der Waals surface area contributed by atoms with Gasteiger partial charge < -0.3 is 4.98 Å². The molecule has 4 saturated carbocycles. The zero-order valence-corrected chi connectivity index (χ0v) is 13.2. The Morgan fingerprint density at radius 2 is 1.65 bits per heavy atom. The Bertz CT molecular complexity index is 648. The van der Waals surface area contributed by atoms with Crippen LogP contribution >= 0.6 is 15.9 Å². The predicted octanol–water partition coefficient (Wildman–Crippen LogP) is 5.40. The number of benzene rings is 1. The van der Waals surface area contributed by atoms with E-state index in [0.29, 0.717) is 5.41 Å². The molecule has 6 rings (SSSR count). The SMILES string of the molecule is Brc1cccc2c(C34CC5CC(CC(C5)C3)C4)c[nH]c12. The highest BCUT2D eigenvalue weighted by atomic mass is 79.9. The second-order valence-corrected chi connectivity index (χ2v) is 8.42. The van der Waals surface area contributed by atoms with E-state index in [1.54, 1.807) is 5.56 Å². The van der Waals surface area contributed by atoms with Crippen LogP contribution in [0.5, 0.6) is 0 Å². The largest absolute Gasteiger partial charge is 0.360 e. The number of aromatic nitrogens is 1. The molecule has 1 nitrogen and oxygen atoms in total. The van der Waals surface area contributed by atoms with Crippen molar-refractivity contribution in [3.05, 3.63) is 34.4 Å². The van der Waals surface area contributed by atoms with Crippen molar-refractivity contribution >= 4 is 26.8 Å². The van der Waals surface area contributed by atoms with E-state index in [1.165, 1.54) is 53.9 Å². The Morgan fingerprint density at radius 3 is 2.30 bits per heavy atom. The summed E-state index contributed by atoms with van der Waals surface area (Å²) in [6, 6.07) is 6.64. The molecular weight excluding hydrogens is 310 g/mol. The van der Waals surface area contributed by atoms with Gasteiger partial charge in [-0.2, -0.15) is 0 Å². The first-order valence-electron chi connectivity index (χ1n) is 8.00. The monoisotopic (exact) mass is 329 g/mol. The first kappa shape index (κ1) is 11.9. The first-order chi connectivity index (χ1) is 9.73. The summed E-state index contributed by atoms with van der Waals surface area (Å²) in [5, 5.41) is 1.46. The summed E-state index contributed by atoms with van der Waals surface area (Å²) < 4.78 is 1.20. The van der Waals surface area contributed by atoms with Crippen molar-refractivity contribution in [1.82, 2.24) is 4.98 Å². The fourth-order valence-electron chi connectivity index (χ4n) is 6.00. The van der Waals surface area contributed by atoms with Gasteiger partial charge in [-0.05, 0) is 89.3 Å². The number of halogens is 1. The van der Waals surface area contributed by atoms with E-state index < -0.39 is 0 Å². The summed E-state index contributed by atoms with van der Waals surface area (Å²) in [6.07, 6.45) is 11.2. The topological polar surface area (TPSA) is 15.8 Å². The van der Waals surface area contributed by atoms with Crippen LogP contribution in [0.15, 0.2) is 28.9 Å². The van der Waals surface area contributed by atoms with Crippen LogP contribution in [0.25, 0.3) is 10.9 Å². The third-order valence-corrected chi connectivity index (χ3v) is 6.94. The van der Waals surface area contributed by atoms with Gasteiger partial charge in [0.25, 0.3) is 0 Å². The molecule has 4 aliphatic rings. The minimum atomic E-state index is 0.494. The predicted molar refractivity (Wildman–Crippen MR) is 85.8 cm³/mol. The lowest BCUT2D eigenvalue weighted by Crippen LogP contribution is -2.48. The van der Waals surface area contributed by atoms with E-state index in [-0.39, 0.29) is 0 Å². The Kier molecular flexibility index (Phi) is 2.32. The van der Waals surface area contributed by atoms with Gasteiger partial charge in [-0.3, -0.25) is 0 Å². The van der Waals surface area contributed by atoms with Crippen LogP contribution in [0.1, 0.15) is 44.1 Å². The maximum absolute atomic E-state index is 3.69. The lowest BCUT2D eigenvalue weighted by atomic mass is 9.48. The molecule has 4 fully saturated rings. The molecule has 4 aliphatic carbocycles. The summed E-state index contributed by atoms with van der Waals surface area (Å²) in [4.78, 5) is 3.53. The number of rotatable bonds is 1.